The van der Waals surface area contributed by atoms with Gasteiger partial charge in [0.05, 0.1) is 6.54 Å². The third-order valence-electron chi connectivity index (χ3n) is 2.32. The second-order valence-corrected chi connectivity index (χ2v) is 3.96. The molecule has 1 aromatic carbocycles. The molecule has 0 fully saturated rings. The van der Waals surface area contributed by atoms with Crippen LogP contribution in [0.4, 0.5) is 0 Å². The van der Waals surface area contributed by atoms with E-state index in [1.807, 2.05) is 6.07 Å². The van der Waals surface area contributed by atoms with Crippen LogP contribution in [0, 0.1) is 0 Å². The molecule has 0 aliphatic carbocycles. The van der Waals surface area contributed by atoms with Crippen molar-refractivity contribution in [2.24, 2.45) is 5.73 Å². The zero-order chi connectivity index (χ0) is 12.8. The summed E-state index contributed by atoms with van der Waals surface area (Å²) >= 11 is 0. The van der Waals surface area contributed by atoms with E-state index in [-0.39, 0.29) is 12.5 Å². The molecule has 0 radical (unpaired) electrons. The van der Waals surface area contributed by atoms with E-state index in [0.29, 0.717) is 12.1 Å². The van der Waals surface area contributed by atoms with Gasteiger partial charge in [0.25, 0.3) is 0 Å². The molecule has 3 N–H and O–H groups in total. The Labute approximate surface area is 101 Å². The average Bonchev–Trinajstić information content (AvgIpc) is 2.29. The van der Waals surface area contributed by atoms with Crippen molar-refractivity contribution >= 4 is 11.8 Å². The molecule has 0 aliphatic rings. The van der Waals surface area contributed by atoms with E-state index in [0.717, 1.165) is 5.56 Å². The first-order valence-electron chi connectivity index (χ1n) is 5.30. The molecule has 1 aromatic rings. The number of hydrogen-bond donors (Lipinski definition) is 2. The SMILES string of the molecule is CN(C)C(=O)CNCc1cccc(C(N)=O)c1. The lowest BCUT2D eigenvalue weighted by molar-refractivity contribution is -0.127. The average molecular weight is 235 g/mol. The molecule has 17 heavy (non-hydrogen) atoms. The highest BCUT2D eigenvalue weighted by Gasteiger charge is 2.04. The van der Waals surface area contributed by atoms with Crippen LogP contribution in [0.3, 0.4) is 0 Å². The molecule has 5 nitrogen and oxygen atoms in total. The third-order valence-corrected chi connectivity index (χ3v) is 2.32. The van der Waals surface area contributed by atoms with E-state index in [9.17, 15) is 9.59 Å². The summed E-state index contributed by atoms with van der Waals surface area (Å²) in [5.74, 6) is -0.438. The second-order valence-electron chi connectivity index (χ2n) is 3.96. The van der Waals surface area contributed by atoms with Crippen LogP contribution >= 0.6 is 0 Å². The van der Waals surface area contributed by atoms with Gasteiger partial charge in [0, 0.05) is 26.2 Å². The Hall–Kier alpha value is -1.88. The van der Waals surface area contributed by atoms with Crippen molar-refractivity contribution in [1.82, 2.24) is 10.2 Å². The molecule has 2 amide bonds. The van der Waals surface area contributed by atoms with E-state index in [4.69, 9.17) is 5.73 Å². The number of nitrogens with two attached hydrogens (primary N) is 1. The summed E-state index contributed by atoms with van der Waals surface area (Å²) in [6.45, 7) is 0.800. The first-order chi connectivity index (χ1) is 8.00. The lowest BCUT2D eigenvalue weighted by Gasteiger charge is -2.11. The van der Waals surface area contributed by atoms with E-state index >= 15 is 0 Å². The number of carbonyl (C=O) groups excluding carboxylic acids is 2. The van der Waals surface area contributed by atoms with Gasteiger partial charge in [-0.25, -0.2) is 0 Å². The van der Waals surface area contributed by atoms with E-state index in [1.54, 1.807) is 32.3 Å². The van der Waals surface area contributed by atoms with Crippen LogP contribution in [0.15, 0.2) is 24.3 Å². The molecular formula is C12H17N3O2. The van der Waals surface area contributed by atoms with Crippen LogP contribution in [0.5, 0.6) is 0 Å². The van der Waals surface area contributed by atoms with Crippen LogP contribution < -0.4 is 11.1 Å². The molecule has 0 unspecified atom stereocenters. The van der Waals surface area contributed by atoms with Crippen molar-refractivity contribution in [2.45, 2.75) is 6.54 Å². The summed E-state index contributed by atoms with van der Waals surface area (Å²) in [7, 11) is 3.41. The maximum absolute atomic E-state index is 11.3. The number of amides is 2. The quantitative estimate of drug-likeness (QED) is 0.752. The van der Waals surface area contributed by atoms with Gasteiger partial charge in [0.1, 0.15) is 0 Å². The third kappa shape index (κ3) is 4.24. The van der Waals surface area contributed by atoms with E-state index < -0.39 is 5.91 Å². The van der Waals surface area contributed by atoms with Gasteiger partial charge in [0.2, 0.25) is 11.8 Å². The Morgan fingerprint density at radius 1 is 1.35 bits per heavy atom. The van der Waals surface area contributed by atoms with Crippen molar-refractivity contribution in [3.8, 4) is 0 Å². The minimum Gasteiger partial charge on any atom is -0.366 e. The van der Waals surface area contributed by atoms with Gasteiger partial charge in [-0.3, -0.25) is 9.59 Å². The summed E-state index contributed by atoms with van der Waals surface area (Å²) in [5.41, 5.74) is 6.58. The van der Waals surface area contributed by atoms with Crippen LogP contribution in [0.1, 0.15) is 15.9 Å². The van der Waals surface area contributed by atoms with Gasteiger partial charge < -0.3 is 16.0 Å². The molecule has 0 heterocycles. The normalized spacial score (nSPS) is 10.0. The summed E-state index contributed by atoms with van der Waals surface area (Å²) in [4.78, 5) is 23.8. The number of primary amides is 1. The van der Waals surface area contributed by atoms with Gasteiger partial charge in [0.15, 0.2) is 0 Å². The monoisotopic (exact) mass is 235 g/mol. The molecule has 0 spiro atoms. The van der Waals surface area contributed by atoms with Gasteiger partial charge in [-0.05, 0) is 17.7 Å². The molecule has 0 bridgehead atoms. The number of hydrogen-bond acceptors (Lipinski definition) is 3. The zero-order valence-corrected chi connectivity index (χ0v) is 10.1. The molecule has 5 heteroatoms. The number of rotatable bonds is 5. The largest absolute Gasteiger partial charge is 0.366 e. The number of nitrogens with one attached hydrogen (secondary N) is 1. The van der Waals surface area contributed by atoms with Crippen LogP contribution in [0.2, 0.25) is 0 Å². The molecular weight excluding hydrogens is 218 g/mol. The Morgan fingerprint density at radius 3 is 2.65 bits per heavy atom. The van der Waals surface area contributed by atoms with E-state index in [2.05, 4.69) is 5.32 Å². The molecule has 1 rings (SSSR count). The van der Waals surface area contributed by atoms with Gasteiger partial charge in [-0.1, -0.05) is 12.1 Å². The molecule has 92 valence electrons. The van der Waals surface area contributed by atoms with Crippen LogP contribution in [-0.4, -0.2) is 37.4 Å². The molecule has 0 atom stereocenters. The van der Waals surface area contributed by atoms with Crippen LogP contribution in [-0.2, 0) is 11.3 Å². The Kier molecular flexibility index (Phi) is 4.66. The van der Waals surface area contributed by atoms with Crippen molar-refractivity contribution in [2.75, 3.05) is 20.6 Å². The summed E-state index contributed by atoms with van der Waals surface area (Å²) < 4.78 is 0. The fraction of sp³-hybridized carbons (Fsp3) is 0.333. The highest BCUT2D eigenvalue weighted by molar-refractivity contribution is 5.92. The van der Waals surface area contributed by atoms with Gasteiger partial charge in [-0.2, -0.15) is 0 Å². The van der Waals surface area contributed by atoms with Gasteiger partial charge >= 0.3 is 0 Å². The predicted octanol–water partition coefficient (Wildman–Crippen LogP) is -0.0367. The number of nitrogens with zero attached hydrogens (tertiary/aromatic N) is 1. The lowest BCUT2D eigenvalue weighted by Crippen LogP contribution is -2.32. The number of carbonyl (C=O) groups is 2. The highest BCUT2D eigenvalue weighted by atomic mass is 16.2. The maximum Gasteiger partial charge on any atom is 0.248 e. The maximum atomic E-state index is 11.3. The standard InChI is InChI=1S/C12H17N3O2/c1-15(2)11(16)8-14-7-9-4-3-5-10(6-9)12(13)17/h3-6,14H,7-8H2,1-2H3,(H2,13,17). The first kappa shape index (κ1) is 13.2. The van der Waals surface area contributed by atoms with Crippen molar-refractivity contribution in [3.05, 3.63) is 35.4 Å². The van der Waals surface area contributed by atoms with Crippen LogP contribution in [0.25, 0.3) is 0 Å². The van der Waals surface area contributed by atoms with E-state index in [1.165, 1.54) is 4.90 Å². The first-order valence-corrected chi connectivity index (χ1v) is 5.30. The highest BCUT2D eigenvalue weighted by Crippen LogP contribution is 2.04. The fourth-order valence-corrected chi connectivity index (χ4v) is 1.31. The predicted molar refractivity (Wildman–Crippen MR) is 65.4 cm³/mol. The number of likely N-dealkylation sites (N-methyl/N-ethyl adjacent to an activating group) is 1. The lowest BCUT2D eigenvalue weighted by atomic mass is 10.1. The molecule has 0 aromatic heterocycles. The Bertz CT molecular complexity index is 416. The number of benzene rings is 1. The zero-order valence-electron chi connectivity index (χ0n) is 10.1. The smallest absolute Gasteiger partial charge is 0.248 e. The van der Waals surface area contributed by atoms with Crippen molar-refractivity contribution in [1.29, 1.82) is 0 Å². The minimum absolute atomic E-state index is 0.0102. The summed E-state index contributed by atoms with van der Waals surface area (Å²) in [6.07, 6.45) is 0. The fourth-order valence-electron chi connectivity index (χ4n) is 1.31. The second kappa shape index (κ2) is 6.00. The molecule has 0 aliphatic heterocycles. The Morgan fingerprint density at radius 2 is 2.06 bits per heavy atom. The molecule has 0 saturated heterocycles. The minimum atomic E-state index is -0.448. The summed E-state index contributed by atoms with van der Waals surface area (Å²) in [5, 5.41) is 3.01. The molecule has 0 saturated carbocycles. The van der Waals surface area contributed by atoms with Crippen molar-refractivity contribution < 1.29 is 9.59 Å². The summed E-state index contributed by atoms with van der Waals surface area (Å²) in [6, 6.07) is 7.02. The van der Waals surface area contributed by atoms with Crippen molar-refractivity contribution in [3.63, 3.8) is 0 Å². The topological polar surface area (TPSA) is 75.4 Å². The Balaban J connectivity index is 2.50. The van der Waals surface area contributed by atoms with Gasteiger partial charge in [-0.15, -0.1) is 0 Å².